The third kappa shape index (κ3) is 4.15. The number of rotatable bonds is 5. The fraction of sp³-hybridized carbons (Fsp3) is 0.538. The SMILES string of the molecule is COCCN(C(=O)c1ccc(Cl)nc1)C1CCS(=O)(=O)C1. The van der Waals surface area contributed by atoms with Crippen molar-refractivity contribution in [1.82, 2.24) is 9.88 Å². The highest BCUT2D eigenvalue weighted by Gasteiger charge is 2.34. The minimum absolute atomic E-state index is 0.00345. The van der Waals surface area contributed by atoms with Gasteiger partial charge in [-0.2, -0.15) is 0 Å². The summed E-state index contributed by atoms with van der Waals surface area (Å²) in [6, 6.07) is 2.81. The van der Waals surface area contributed by atoms with Crippen molar-refractivity contribution in [3.8, 4) is 0 Å². The number of sulfone groups is 1. The number of aromatic nitrogens is 1. The van der Waals surface area contributed by atoms with Crippen LogP contribution in [0, 0.1) is 0 Å². The average Bonchev–Trinajstić information content (AvgIpc) is 2.80. The molecular formula is C13H17ClN2O4S. The van der Waals surface area contributed by atoms with Crippen molar-refractivity contribution < 1.29 is 17.9 Å². The number of halogens is 1. The molecule has 1 aliphatic heterocycles. The third-order valence-electron chi connectivity index (χ3n) is 3.42. The first-order valence-electron chi connectivity index (χ1n) is 6.55. The normalized spacial score (nSPS) is 20.4. The minimum Gasteiger partial charge on any atom is -0.383 e. The average molecular weight is 333 g/mol. The van der Waals surface area contributed by atoms with Crippen LogP contribution in [0.4, 0.5) is 0 Å². The van der Waals surface area contributed by atoms with E-state index < -0.39 is 9.84 Å². The molecular weight excluding hydrogens is 316 g/mol. The van der Waals surface area contributed by atoms with Gasteiger partial charge in [-0.05, 0) is 18.6 Å². The summed E-state index contributed by atoms with van der Waals surface area (Å²) in [4.78, 5) is 18.0. The lowest BCUT2D eigenvalue weighted by atomic mass is 10.1. The van der Waals surface area contributed by atoms with Crippen molar-refractivity contribution in [2.24, 2.45) is 0 Å². The predicted octanol–water partition coefficient (Wildman–Crippen LogP) is 1.01. The maximum Gasteiger partial charge on any atom is 0.255 e. The molecule has 1 saturated heterocycles. The number of carbonyl (C=O) groups excluding carboxylic acids is 1. The zero-order valence-electron chi connectivity index (χ0n) is 11.7. The van der Waals surface area contributed by atoms with Gasteiger partial charge in [0.15, 0.2) is 9.84 Å². The maximum atomic E-state index is 12.6. The Balaban J connectivity index is 2.19. The van der Waals surface area contributed by atoms with E-state index in [9.17, 15) is 13.2 Å². The minimum atomic E-state index is -3.06. The van der Waals surface area contributed by atoms with Gasteiger partial charge >= 0.3 is 0 Å². The number of amides is 1. The molecule has 0 radical (unpaired) electrons. The number of pyridine rings is 1. The Hall–Kier alpha value is -1.18. The van der Waals surface area contributed by atoms with Crippen molar-refractivity contribution in [2.45, 2.75) is 12.5 Å². The first kappa shape index (κ1) is 16.2. The molecule has 0 spiro atoms. The summed E-state index contributed by atoms with van der Waals surface area (Å²) in [5.41, 5.74) is 0.389. The number of hydrogen-bond acceptors (Lipinski definition) is 5. The molecule has 1 atom stereocenters. The molecule has 0 saturated carbocycles. The summed E-state index contributed by atoms with van der Waals surface area (Å²) in [5.74, 6) is -0.130. The van der Waals surface area contributed by atoms with E-state index >= 15 is 0 Å². The molecule has 1 unspecified atom stereocenters. The quantitative estimate of drug-likeness (QED) is 0.752. The fourth-order valence-electron chi connectivity index (χ4n) is 2.33. The molecule has 0 bridgehead atoms. The Kier molecular flexibility index (Phi) is 5.18. The van der Waals surface area contributed by atoms with Crippen LogP contribution in [-0.2, 0) is 14.6 Å². The van der Waals surface area contributed by atoms with Gasteiger partial charge in [0.1, 0.15) is 5.15 Å². The van der Waals surface area contributed by atoms with E-state index in [4.69, 9.17) is 16.3 Å². The second kappa shape index (κ2) is 6.72. The van der Waals surface area contributed by atoms with Crippen LogP contribution in [-0.4, -0.2) is 62.0 Å². The molecule has 21 heavy (non-hydrogen) atoms. The topological polar surface area (TPSA) is 76.6 Å². The molecule has 8 heteroatoms. The fourth-order valence-corrected chi connectivity index (χ4v) is 4.17. The van der Waals surface area contributed by atoms with Gasteiger partial charge in [0.05, 0.1) is 23.7 Å². The van der Waals surface area contributed by atoms with E-state index in [2.05, 4.69) is 4.98 Å². The number of nitrogens with zero attached hydrogens (tertiary/aromatic N) is 2. The van der Waals surface area contributed by atoms with Gasteiger partial charge in [-0.25, -0.2) is 13.4 Å². The van der Waals surface area contributed by atoms with Crippen LogP contribution >= 0.6 is 11.6 Å². The Labute approximate surface area is 129 Å². The van der Waals surface area contributed by atoms with Gasteiger partial charge in [0.2, 0.25) is 0 Å². The number of methoxy groups -OCH3 is 1. The van der Waals surface area contributed by atoms with E-state index in [1.54, 1.807) is 11.0 Å². The second-order valence-electron chi connectivity index (χ2n) is 4.92. The Morgan fingerprint density at radius 1 is 1.52 bits per heavy atom. The van der Waals surface area contributed by atoms with E-state index in [1.807, 2.05) is 0 Å². The maximum absolute atomic E-state index is 12.6. The first-order valence-corrected chi connectivity index (χ1v) is 8.75. The van der Waals surface area contributed by atoms with Crippen LogP contribution < -0.4 is 0 Å². The van der Waals surface area contributed by atoms with Crippen molar-refractivity contribution in [3.63, 3.8) is 0 Å². The van der Waals surface area contributed by atoms with E-state index in [0.29, 0.717) is 30.3 Å². The van der Waals surface area contributed by atoms with Gasteiger partial charge in [0.25, 0.3) is 5.91 Å². The van der Waals surface area contributed by atoms with Crippen LogP contribution in [0.5, 0.6) is 0 Å². The largest absolute Gasteiger partial charge is 0.383 e. The van der Waals surface area contributed by atoms with Gasteiger partial charge < -0.3 is 9.64 Å². The summed E-state index contributed by atoms with van der Waals surface area (Å²) in [7, 11) is -1.52. The zero-order valence-corrected chi connectivity index (χ0v) is 13.2. The molecule has 6 nitrogen and oxygen atoms in total. The molecule has 1 fully saturated rings. The van der Waals surface area contributed by atoms with Crippen molar-refractivity contribution in [3.05, 3.63) is 29.0 Å². The Bertz CT molecular complexity index is 603. The number of carbonyl (C=O) groups is 1. The molecule has 1 aromatic rings. The highest BCUT2D eigenvalue weighted by molar-refractivity contribution is 7.91. The standard InChI is InChI=1S/C13H17ClN2O4S/c1-20-6-5-16(11-4-7-21(18,19)9-11)13(17)10-2-3-12(14)15-8-10/h2-3,8,11H,4-7,9H2,1H3. The summed E-state index contributed by atoms with van der Waals surface area (Å²) in [6.07, 6.45) is 1.85. The summed E-state index contributed by atoms with van der Waals surface area (Å²) in [6.45, 7) is 0.696. The lowest BCUT2D eigenvalue weighted by Crippen LogP contribution is -2.43. The summed E-state index contributed by atoms with van der Waals surface area (Å²) >= 11 is 5.71. The van der Waals surface area contributed by atoms with Crippen LogP contribution in [0.3, 0.4) is 0 Å². The lowest BCUT2D eigenvalue weighted by molar-refractivity contribution is 0.0624. The lowest BCUT2D eigenvalue weighted by Gasteiger charge is -2.28. The highest BCUT2D eigenvalue weighted by Crippen LogP contribution is 2.20. The molecule has 1 aromatic heterocycles. The Morgan fingerprint density at radius 2 is 2.29 bits per heavy atom. The van der Waals surface area contributed by atoms with Gasteiger partial charge in [-0.15, -0.1) is 0 Å². The molecule has 1 amide bonds. The van der Waals surface area contributed by atoms with E-state index in [1.165, 1.54) is 19.4 Å². The number of ether oxygens (including phenoxy) is 1. The van der Waals surface area contributed by atoms with Crippen LogP contribution in [0.15, 0.2) is 18.3 Å². The highest BCUT2D eigenvalue weighted by atomic mass is 35.5. The molecule has 1 aliphatic rings. The number of hydrogen-bond donors (Lipinski definition) is 0. The van der Waals surface area contributed by atoms with Gasteiger partial charge in [0, 0.05) is 25.9 Å². The van der Waals surface area contributed by atoms with Crippen molar-refractivity contribution in [1.29, 1.82) is 0 Å². The molecule has 116 valence electrons. The first-order chi connectivity index (χ1) is 9.93. The smallest absolute Gasteiger partial charge is 0.255 e. The van der Waals surface area contributed by atoms with Crippen LogP contribution in [0.2, 0.25) is 5.15 Å². The van der Waals surface area contributed by atoms with Crippen LogP contribution in [0.25, 0.3) is 0 Å². The van der Waals surface area contributed by atoms with Crippen molar-refractivity contribution in [2.75, 3.05) is 31.8 Å². The van der Waals surface area contributed by atoms with Gasteiger partial charge in [-0.3, -0.25) is 4.79 Å². The molecule has 0 aromatic carbocycles. The summed E-state index contributed by atoms with van der Waals surface area (Å²) < 4.78 is 28.3. The molecule has 0 N–H and O–H groups in total. The zero-order chi connectivity index (χ0) is 15.5. The summed E-state index contributed by atoms with van der Waals surface area (Å²) in [5, 5.41) is 0.304. The van der Waals surface area contributed by atoms with E-state index in [0.717, 1.165) is 0 Å². The molecule has 0 aliphatic carbocycles. The third-order valence-corrected chi connectivity index (χ3v) is 5.39. The monoisotopic (exact) mass is 332 g/mol. The second-order valence-corrected chi connectivity index (χ2v) is 7.53. The predicted molar refractivity (Wildman–Crippen MR) is 79.2 cm³/mol. The van der Waals surface area contributed by atoms with Gasteiger partial charge in [-0.1, -0.05) is 11.6 Å². The van der Waals surface area contributed by atoms with Crippen LogP contribution in [0.1, 0.15) is 16.8 Å². The molecule has 2 rings (SSSR count). The molecule has 2 heterocycles. The Morgan fingerprint density at radius 3 is 2.81 bits per heavy atom. The van der Waals surface area contributed by atoms with E-state index in [-0.39, 0.29) is 23.5 Å². The van der Waals surface area contributed by atoms with Crippen molar-refractivity contribution >= 4 is 27.3 Å².